The van der Waals surface area contributed by atoms with Crippen LogP contribution >= 0.6 is 0 Å². The number of hydrogen-bond acceptors (Lipinski definition) is 6. The summed E-state index contributed by atoms with van der Waals surface area (Å²) in [6.45, 7) is 1.56. The third-order valence-electron chi connectivity index (χ3n) is 2.14. The zero-order chi connectivity index (χ0) is 11.5. The van der Waals surface area contributed by atoms with Gasteiger partial charge in [-0.25, -0.2) is 0 Å². The number of rotatable bonds is 3. The molecule has 3 N–H and O–H groups in total. The smallest absolute Gasteiger partial charge is 0.246 e. The summed E-state index contributed by atoms with van der Waals surface area (Å²) in [5, 5.41) is 13.0. The van der Waals surface area contributed by atoms with Crippen molar-refractivity contribution in [3.05, 3.63) is 30.3 Å². The zero-order valence-electron chi connectivity index (χ0n) is 8.74. The predicted molar refractivity (Wildman–Crippen MR) is 56.1 cm³/mol. The molecule has 2 rings (SSSR count). The second-order valence-corrected chi connectivity index (χ2v) is 3.44. The van der Waals surface area contributed by atoms with E-state index >= 15 is 0 Å². The molecule has 2 atom stereocenters. The quantitative estimate of drug-likeness (QED) is 0.782. The highest BCUT2D eigenvalue weighted by Gasteiger charge is 2.20. The maximum Gasteiger partial charge on any atom is 0.246 e. The molecule has 0 spiro atoms. The van der Waals surface area contributed by atoms with Gasteiger partial charge in [-0.1, -0.05) is 11.2 Å². The summed E-state index contributed by atoms with van der Waals surface area (Å²) < 4.78 is 4.96. The molecule has 0 saturated carbocycles. The molecule has 16 heavy (non-hydrogen) atoms. The van der Waals surface area contributed by atoms with Crippen molar-refractivity contribution in [1.82, 2.24) is 15.1 Å². The number of aliphatic hydroxyl groups excluding tert-OH is 1. The molecule has 0 aliphatic rings. The lowest BCUT2D eigenvalue weighted by molar-refractivity contribution is 0.146. The van der Waals surface area contributed by atoms with Crippen LogP contribution in [0.5, 0.6) is 0 Å². The van der Waals surface area contributed by atoms with Crippen molar-refractivity contribution in [3.63, 3.8) is 0 Å². The average molecular weight is 220 g/mol. The average Bonchev–Trinajstić information content (AvgIpc) is 2.78. The van der Waals surface area contributed by atoms with Gasteiger partial charge in [0.25, 0.3) is 0 Å². The van der Waals surface area contributed by atoms with Gasteiger partial charge in [-0.15, -0.1) is 0 Å². The molecule has 0 bridgehead atoms. The maximum atomic E-state index is 9.29. The highest BCUT2D eigenvalue weighted by atomic mass is 16.5. The van der Waals surface area contributed by atoms with Crippen LogP contribution in [0.4, 0.5) is 0 Å². The minimum absolute atomic E-state index is 0.204. The second-order valence-electron chi connectivity index (χ2n) is 3.44. The molecular weight excluding hydrogens is 208 g/mol. The van der Waals surface area contributed by atoms with Gasteiger partial charge in [0, 0.05) is 6.20 Å². The van der Waals surface area contributed by atoms with Crippen LogP contribution in [0.1, 0.15) is 18.9 Å². The van der Waals surface area contributed by atoms with E-state index in [1.807, 2.05) is 6.07 Å². The maximum absolute atomic E-state index is 9.29. The first-order chi connectivity index (χ1) is 7.68. The summed E-state index contributed by atoms with van der Waals surface area (Å²) in [6, 6.07) is 4.71. The van der Waals surface area contributed by atoms with Gasteiger partial charge in [-0.05, 0) is 19.1 Å². The van der Waals surface area contributed by atoms with Crippen LogP contribution in [0, 0.1) is 0 Å². The van der Waals surface area contributed by atoms with Crippen LogP contribution in [-0.2, 0) is 0 Å². The lowest BCUT2D eigenvalue weighted by Gasteiger charge is -2.08. The molecule has 0 amide bonds. The fraction of sp³-hybridized carbons (Fsp3) is 0.300. The third-order valence-corrected chi connectivity index (χ3v) is 2.14. The van der Waals surface area contributed by atoms with E-state index in [0.717, 1.165) is 0 Å². The first kappa shape index (κ1) is 10.7. The summed E-state index contributed by atoms with van der Waals surface area (Å²) in [4.78, 5) is 8.15. The van der Waals surface area contributed by atoms with E-state index in [2.05, 4.69) is 15.1 Å². The largest absolute Gasteiger partial charge is 0.391 e. The molecule has 0 radical (unpaired) electrons. The Morgan fingerprint density at radius 2 is 2.25 bits per heavy atom. The van der Waals surface area contributed by atoms with Crippen LogP contribution in [0.25, 0.3) is 11.5 Å². The van der Waals surface area contributed by atoms with Gasteiger partial charge in [0.05, 0.1) is 6.10 Å². The van der Waals surface area contributed by atoms with Crippen molar-refractivity contribution in [3.8, 4) is 11.5 Å². The highest BCUT2D eigenvalue weighted by molar-refractivity contribution is 5.47. The van der Waals surface area contributed by atoms with Crippen molar-refractivity contribution in [2.24, 2.45) is 5.73 Å². The van der Waals surface area contributed by atoms with Crippen LogP contribution in [0.2, 0.25) is 0 Å². The van der Waals surface area contributed by atoms with E-state index in [0.29, 0.717) is 11.5 Å². The summed E-state index contributed by atoms with van der Waals surface area (Å²) in [7, 11) is 0. The molecule has 6 nitrogen and oxygen atoms in total. The Labute approximate surface area is 92.1 Å². The number of pyridine rings is 1. The molecule has 0 aliphatic heterocycles. The van der Waals surface area contributed by atoms with Crippen LogP contribution in [0.15, 0.2) is 28.9 Å². The molecule has 2 unspecified atom stereocenters. The highest BCUT2D eigenvalue weighted by Crippen LogP contribution is 2.16. The molecule has 0 aromatic carbocycles. The second kappa shape index (κ2) is 4.38. The van der Waals surface area contributed by atoms with Gasteiger partial charge in [-0.3, -0.25) is 4.98 Å². The lowest BCUT2D eigenvalue weighted by Crippen LogP contribution is -2.23. The Balaban J connectivity index is 2.27. The minimum atomic E-state index is -0.739. The molecule has 0 fully saturated rings. The van der Waals surface area contributed by atoms with Crippen LogP contribution in [-0.4, -0.2) is 26.3 Å². The SMILES string of the molecule is CC(O)C(N)c1nc(-c2ccccn2)no1. The van der Waals surface area contributed by atoms with Crippen LogP contribution in [0.3, 0.4) is 0 Å². The van der Waals surface area contributed by atoms with Gasteiger partial charge in [0.1, 0.15) is 11.7 Å². The Bertz CT molecular complexity index is 455. The van der Waals surface area contributed by atoms with Gasteiger partial charge < -0.3 is 15.4 Å². The van der Waals surface area contributed by atoms with E-state index in [1.54, 1.807) is 25.3 Å². The van der Waals surface area contributed by atoms with Crippen LogP contribution < -0.4 is 5.73 Å². The van der Waals surface area contributed by atoms with E-state index in [-0.39, 0.29) is 5.89 Å². The third kappa shape index (κ3) is 2.07. The summed E-state index contributed by atoms with van der Waals surface area (Å²) >= 11 is 0. The van der Waals surface area contributed by atoms with E-state index in [4.69, 9.17) is 10.3 Å². The van der Waals surface area contributed by atoms with Crippen molar-refractivity contribution < 1.29 is 9.63 Å². The predicted octanol–water partition coefficient (Wildman–Crippen LogP) is 0.512. The van der Waals surface area contributed by atoms with E-state index < -0.39 is 12.1 Å². The monoisotopic (exact) mass is 220 g/mol. The fourth-order valence-electron chi connectivity index (χ4n) is 1.18. The lowest BCUT2D eigenvalue weighted by atomic mass is 10.2. The number of aromatic nitrogens is 3. The van der Waals surface area contributed by atoms with Gasteiger partial charge in [0.2, 0.25) is 11.7 Å². The number of nitrogens with zero attached hydrogens (tertiary/aromatic N) is 3. The summed E-state index contributed by atoms with van der Waals surface area (Å²) in [5.74, 6) is 0.572. The van der Waals surface area contributed by atoms with Crippen molar-refractivity contribution in [2.75, 3.05) is 0 Å². The fourth-order valence-corrected chi connectivity index (χ4v) is 1.18. The molecule has 2 aromatic rings. The Morgan fingerprint density at radius 1 is 1.44 bits per heavy atom. The Morgan fingerprint density at radius 3 is 2.88 bits per heavy atom. The Kier molecular flexibility index (Phi) is 2.93. The number of aliphatic hydroxyl groups is 1. The molecule has 2 heterocycles. The van der Waals surface area contributed by atoms with Gasteiger partial charge >= 0.3 is 0 Å². The van der Waals surface area contributed by atoms with E-state index in [9.17, 15) is 5.11 Å². The first-order valence-corrected chi connectivity index (χ1v) is 4.87. The number of hydrogen-bond donors (Lipinski definition) is 2. The molecule has 2 aromatic heterocycles. The molecule has 0 aliphatic carbocycles. The standard InChI is InChI=1S/C10H12N4O2/c1-6(15)8(11)10-13-9(14-16-10)7-4-2-3-5-12-7/h2-6,8,15H,11H2,1H3. The van der Waals surface area contributed by atoms with Gasteiger partial charge in [-0.2, -0.15) is 4.98 Å². The summed E-state index contributed by atoms with van der Waals surface area (Å²) in [6.07, 6.45) is 0.900. The first-order valence-electron chi connectivity index (χ1n) is 4.87. The molecular formula is C10H12N4O2. The van der Waals surface area contributed by atoms with Gasteiger partial charge in [0.15, 0.2) is 0 Å². The summed E-state index contributed by atoms with van der Waals surface area (Å²) in [5.41, 5.74) is 6.27. The Hall–Kier alpha value is -1.79. The normalized spacial score (nSPS) is 14.7. The topological polar surface area (TPSA) is 98.1 Å². The molecule has 84 valence electrons. The number of nitrogens with two attached hydrogens (primary N) is 1. The molecule has 0 saturated heterocycles. The zero-order valence-corrected chi connectivity index (χ0v) is 8.74. The minimum Gasteiger partial charge on any atom is -0.391 e. The van der Waals surface area contributed by atoms with E-state index in [1.165, 1.54) is 0 Å². The van der Waals surface area contributed by atoms with Crippen molar-refractivity contribution in [2.45, 2.75) is 19.1 Å². The molecule has 6 heteroatoms. The van der Waals surface area contributed by atoms with Crippen molar-refractivity contribution >= 4 is 0 Å². The van der Waals surface area contributed by atoms with Crippen molar-refractivity contribution in [1.29, 1.82) is 0 Å².